The molecule has 0 aromatic heterocycles. The van der Waals surface area contributed by atoms with Crippen molar-refractivity contribution >= 4 is 23.2 Å². The number of para-hydroxylation sites is 2. The quantitative estimate of drug-likeness (QED) is 0.598. The van der Waals surface area contributed by atoms with Crippen molar-refractivity contribution in [1.82, 2.24) is 5.32 Å². The van der Waals surface area contributed by atoms with Gasteiger partial charge in [0.25, 0.3) is 0 Å². The number of carbonyl (C=O) groups is 1. The maximum atomic E-state index is 12.1. The molecule has 0 aliphatic carbocycles. The van der Waals surface area contributed by atoms with Gasteiger partial charge in [-0.2, -0.15) is 0 Å². The first-order valence-electron chi connectivity index (χ1n) is 8.72. The van der Waals surface area contributed by atoms with Crippen molar-refractivity contribution in [3.8, 4) is 5.75 Å². The van der Waals surface area contributed by atoms with E-state index in [1.165, 1.54) is 0 Å². The molecule has 27 heavy (non-hydrogen) atoms. The van der Waals surface area contributed by atoms with E-state index in [9.17, 15) is 4.79 Å². The van der Waals surface area contributed by atoms with Crippen LogP contribution in [0.3, 0.4) is 0 Å². The van der Waals surface area contributed by atoms with Gasteiger partial charge in [-0.3, -0.25) is 4.79 Å². The first-order chi connectivity index (χ1) is 13.2. The number of ether oxygens (including phenoxy) is 1. The van der Waals surface area contributed by atoms with E-state index in [-0.39, 0.29) is 12.5 Å². The topological polar surface area (TPSA) is 50.4 Å². The lowest BCUT2D eigenvalue weighted by molar-refractivity contribution is -0.119. The van der Waals surface area contributed by atoms with Gasteiger partial charge in [0.2, 0.25) is 5.91 Å². The van der Waals surface area contributed by atoms with E-state index in [2.05, 4.69) is 10.6 Å². The van der Waals surface area contributed by atoms with Crippen LogP contribution in [0.4, 0.5) is 5.69 Å². The summed E-state index contributed by atoms with van der Waals surface area (Å²) in [5, 5.41) is 6.63. The second-order valence-corrected chi connectivity index (χ2v) is 6.40. The summed E-state index contributed by atoms with van der Waals surface area (Å²) in [5.74, 6) is 0.591. The highest BCUT2D eigenvalue weighted by Crippen LogP contribution is 2.24. The van der Waals surface area contributed by atoms with Crippen molar-refractivity contribution in [3.05, 3.63) is 95.0 Å². The van der Waals surface area contributed by atoms with Crippen LogP contribution in [0.2, 0.25) is 5.02 Å². The van der Waals surface area contributed by atoms with Gasteiger partial charge in [-0.25, -0.2) is 0 Å². The summed E-state index contributed by atoms with van der Waals surface area (Å²) in [6.07, 6.45) is 0. The first-order valence-corrected chi connectivity index (χ1v) is 9.10. The van der Waals surface area contributed by atoms with Crippen LogP contribution >= 0.6 is 11.6 Å². The number of rotatable bonds is 8. The zero-order chi connectivity index (χ0) is 18.9. The average Bonchev–Trinajstić information content (AvgIpc) is 2.71. The van der Waals surface area contributed by atoms with Crippen LogP contribution in [0.15, 0.2) is 78.9 Å². The van der Waals surface area contributed by atoms with Crippen LogP contribution in [0.5, 0.6) is 5.75 Å². The minimum Gasteiger partial charge on any atom is -0.487 e. The zero-order valence-electron chi connectivity index (χ0n) is 14.8. The van der Waals surface area contributed by atoms with E-state index in [4.69, 9.17) is 16.3 Å². The van der Waals surface area contributed by atoms with E-state index in [1.807, 2.05) is 78.9 Å². The van der Waals surface area contributed by atoms with Crippen molar-refractivity contribution < 1.29 is 9.53 Å². The molecular formula is C22H21ClN2O2. The van der Waals surface area contributed by atoms with Gasteiger partial charge in [0.15, 0.2) is 0 Å². The van der Waals surface area contributed by atoms with Crippen LogP contribution in [-0.2, 0) is 17.9 Å². The number of hydrogen-bond donors (Lipinski definition) is 2. The van der Waals surface area contributed by atoms with Crippen molar-refractivity contribution in [2.45, 2.75) is 13.2 Å². The van der Waals surface area contributed by atoms with Gasteiger partial charge < -0.3 is 15.4 Å². The van der Waals surface area contributed by atoms with Crippen LogP contribution in [0, 0.1) is 0 Å². The Kier molecular flexibility index (Phi) is 6.72. The third-order valence-corrected chi connectivity index (χ3v) is 4.37. The highest BCUT2D eigenvalue weighted by atomic mass is 35.5. The number of benzene rings is 3. The summed E-state index contributed by atoms with van der Waals surface area (Å²) in [6.45, 7) is 1.01. The van der Waals surface area contributed by atoms with Gasteiger partial charge in [-0.15, -0.1) is 0 Å². The van der Waals surface area contributed by atoms with Crippen molar-refractivity contribution in [1.29, 1.82) is 0 Å². The summed E-state index contributed by atoms with van der Waals surface area (Å²) in [6, 6.07) is 25.0. The minimum absolute atomic E-state index is 0.118. The third kappa shape index (κ3) is 5.76. The molecule has 3 rings (SSSR count). The van der Waals surface area contributed by atoms with Gasteiger partial charge in [0.1, 0.15) is 12.4 Å². The molecule has 2 N–H and O–H groups in total. The number of hydrogen-bond acceptors (Lipinski definition) is 3. The largest absolute Gasteiger partial charge is 0.487 e. The molecule has 0 saturated carbocycles. The smallest absolute Gasteiger partial charge is 0.239 e. The molecule has 4 nitrogen and oxygen atoms in total. The lowest BCUT2D eigenvalue weighted by atomic mass is 10.2. The molecule has 0 spiro atoms. The molecule has 3 aromatic rings. The van der Waals surface area contributed by atoms with Crippen LogP contribution in [0.1, 0.15) is 11.1 Å². The number of carbonyl (C=O) groups excluding carboxylic acids is 1. The Balaban J connectivity index is 1.51. The van der Waals surface area contributed by atoms with Gasteiger partial charge >= 0.3 is 0 Å². The predicted octanol–water partition coefficient (Wildman–Crippen LogP) is 4.65. The fraction of sp³-hybridized carbons (Fsp3) is 0.136. The molecular weight excluding hydrogens is 360 g/mol. The summed E-state index contributed by atoms with van der Waals surface area (Å²) >= 11 is 6.10. The van der Waals surface area contributed by atoms with Crippen molar-refractivity contribution in [2.24, 2.45) is 0 Å². The molecule has 1 amide bonds. The third-order valence-electron chi connectivity index (χ3n) is 4.00. The lowest BCUT2D eigenvalue weighted by Crippen LogP contribution is -2.29. The fourth-order valence-electron chi connectivity index (χ4n) is 2.55. The van der Waals surface area contributed by atoms with Crippen LogP contribution in [-0.4, -0.2) is 12.5 Å². The molecule has 0 aliphatic heterocycles. The molecule has 138 valence electrons. The monoisotopic (exact) mass is 380 g/mol. The van der Waals surface area contributed by atoms with Gasteiger partial charge in [0, 0.05) is 11.6 Å². The Morgan fingerprint density at radius 1 is 0.889 bits per heavy atom. The molecule has 3 aromatic carbocycles. The number of halogens is 1. The van der Waals surface area contributed by atoms with Crippen LogP contribution < -0.4 is 15.4 Å². The summed E-state index contributed by atoms with van der Waals surface area (Å²) in [5.41, 5.74) is 2.75. The standard InChI is InChI=1S/C22H21ClN2O2/c23-19-11-5-4-10-18(19)14-25-22(26)15-24-20-12-6-7-13-21(20)27-16-17-8-2-1-3-9-17/h1-13,24H,14-16H2,(H,25,26). The Bertz CT molecular complexity index is 884. The maximum absolute atomic E-state index is 12.1. The molecule has 0 bridgehead atoms. The molecule has 0 radical (unpaired) electrons. The Morgan fingerprint density at radius 2 is 1.59 bits per heavy atom. The maximum Gasteiger partial charge on any atom is 0.239 e. The first kappa shape index (κ1) is 18.8. The molecule has 0 unspecified atom stereocenters. The SMILES string of the molecule is O=C(CNc1ccccc1OCc1ccccc1)NCc1ccccc1Cl. The normalized spacial score (nSPS) is 10.3. The summed E-state index contributed by atoms with van der Waals surface area (Å²) in [4.78, 5) is 12.1. The predicted molar refractivity (Wildman–Crippen MR) is 109 cm³/mol. The molecule has 0 atom stereocenters. The fourth-order valence-corrected chi connectivity index (χ4v) is 2.75. The lowest BCUT2D eigenvalue weighted by Gasteiger charge is -2.13. The Morgan fingerprint density at radius 3 is 2.41 bits per heavy atom. The van der Waals surface area contributed by atoms with Crippen molar-refractivity contribution in [2.75, 3.05) is 11.9 Å². The second-order valence-electron chi connectivity index (χ2n) is 5.99. The molecule has 0 heterocycles. The van der Waals surface area contributed by atoms with E-state index < -0.39 is 0 Å². The van der Waals surface area contributed by atoms with Crippen LogP contribution in [0.25, 0.3) is 0 Å². The number of anilines is 1. The van der Waals surface area contributed by atoms with Gasteiger partial charge in [-0.1, -0.05) is 72.3 Å². The summed E-state index contributed by atoms with van der Waals surface area (Å²) < 4.78 is 5.89. The van der Waals surface area contributed by atoms with Crippen molar-refractivity contribution in [3.63, 3.8) is 0 Å². The van der Waals surface area contributed by atoms with E-state index >= 15 is 0 Å². The summed E-state index contributed by atoms with van der Waals surface area (Å²) in [7, 11) is 0. The minimum atomic E-state index is -0.118. The molecule has 0 aliphatic rings. The second kappa shape index (κ2) is 9.64. The highest BCUT2D eigenvalue weighted by Gasteiger charge is 2.07. The number of amides is 1. The number of nitrogens with one attached hydrogen (secondary N) is 2. The average molecular weight is 381 g/mol. The Hall–Kier alpha value is -2.98. The van der Waals surface area contributed by atoms with E-state index in [0.717, 1.165) is 16.8 Å². The van der Waals surface area contributed by atoms with Gasteiger partial charge in [0.05, 0.1) is 12.2 Å². The zero-order valence-corrected chi connectivity index (χ0v) is 15.6. The molecule has 0 saturated heterocycles. The van der Waals surface area contributed by atoms with E-state index in [0.29, 0.717) is 23.9 Å². The van der Waals surface area contributed by atoms with E-state index in [1.54, 1.807) is 0 Å². The molecule has 0 fully saturated rings. The highest BCUT2D eigenvalue weighted by molar-refractivity contribution is 6.31. The Labute approximate surface area is 164 Å². The molecule has 5 heteroatoms. The van der Waals surface area contributed by atoms with Gasteiger partial charge in [-0.05, 0) is 29.3 Å².